The molecular formula is C27H39FO. The Morgan fingerprint density at radius 3 is 2.28 bits per heavy atom. The third-order valence-electron chi connectivity index (χ3n) is 7.14. The fraction of sp³-hybridized carbons (Fsp3) is 0.630. The first kappa shape index (κ1) is 22.3. The molecule has 0 heterocycles. The second-order valence-corrected chi connectivity index (χ2v) is 9.06. The average Bonchev–Trinajstić information content (AvgIpc) is 2.75. The van der Waals surface area contributed by atoms with E-state index in [-0.39, 0.29) is 5.82 Å². The van der Waals surface area contributed by atoms with Crippen molar-refractivity contribution in [1.29, 1.82) is 0 Å². The highest BCUT2D eigenvalue weighted by atomic mass is 19.1. The fourth-order valence-corrected chi connectivity index (χ4v) is 5.41. The van der Waals surface area contributed by atoms with Crippen molar-refractivity contribution in [2.45, 2.75) is 84.2 Å². The zero-order chi connectivity index (χ0) is 20.5. The predicted octanol–water partition coefficient (Wildman–Crippen LogP) is 7.96. The third-order valence-corrected chi connectivity index (χ3v) is 7.14. The molecular weight excluding hydrogens is 359 g/mol. The molecule has 160 valence electrons. The molecule has 1 aromatic carbocycles. The minimum atomic E-state index is -0.105. The zero-order valence-corrected chi connectivity index (χ0v) is 18.4. The van der Waals surface area contributed by atoms with Crippen molar-refractivity contribution in [2.24, 2.45) is 17.8 Å². The van der Waals surface area contributed by atoms with Gasteiger partial charge in [0.2, 0.25) is 0 Å². The monoisotopic (exact) mass is 398 g/mol. The van der Waals surface area contributed by atoms with E-state index < -0.39 is 0 Å². The quantitative estimate of drug-likeness (QED) is 0.319. The first-order valence-electron chi connectivity index (χ1n) is 11.8. The van der Waals surface area contributed by atoms with Crippen molar-refractivity contribution >= 4 is 0 Å². The summed E-state index contributed by atoms with van der Waals surface area (Å²) in [5, 5.41) is 0. The number of rotatable bonds is 8. The van der Waals surface area contributed by atoms with Crippen LogP contribution >= 0.6 is 0 Å². The summed E-state index contributed by atoms with van der Waals surface area (Å²) in [6.45, 7) is 5.14. The number of benzene rings is 1. The van der Waals surface area contributed by atoms with E-state index in [1.165, 1.54) is 56.9 Å². The largest absolute Gasteiger partial charge is 0.373 e. The second-order valence-electron chi connectivity index (χ2n) is 9.06. The van der Waals surface area contributed by atoms with Crippen molar-refractivity contribution in [3.63, 3.8) is 0 Å². The predicted molar refractivity (Wildman–Crippen MR) is 120 cm³/mol. The summed E-state index contributed by atoms with van der Waals surface area (Å²) in [6.07, 6.45) is 20.3. The van der Waals surface area contributed by atoms with E-state index >= 15 is 0 Å². The molecule has 0 aliphatic heterocycles. The van der Waals surface area contributed by atoms with Crippen LogP contribution in [0.25, 0.3) is 0 Å². The van der Waals surface area contributed by atoms with Crippen LogP contribution in [0.3, 0.4) is 0 Å². The Labute approximate surface area is 177 Å². The number of hydrogen-bond donors (Lipinski definition) is 0. The number of ether oxygens (including phenoxy) is 1. The maximum absolute atomic E-state index is 14.5. The molecule has 0 radical (unpaired) electrons. The molecule has 0 unspecified atom stereocenters. The lowest BCUT2D eigenvalue weighted by molar-refractivity contribution is 0.145. The number of allylic oxidation sites excluding steroid dienone is 3. The van der Waals surface area contributed by atoms with Gasteiger partial charge >= 0.3 is 0 Å². The van der Waals surface area contributed by atoms with Gasteiger partial charge in [-0.2, -0.15) is 0 Å². The highest BCUT2D eigenvalue weighted by Crippen LogP contribution is 2.44. The van der Waals surface area contributed by atoms with E-state index in [9.17, 15) is 4.39 Å². The lowest BCUT2D eigenvalue weighted by Gasteiger charge is -2.37. The molecule has 2 aliphatic carbocycles. The van der Waals surface area contributed by atoms with Gasteiger partial charge in [-0.1, -0.05) is 43.4 Å². The Bertz CT molecular complexity index is 661. The molecule has 1 nitrogen and oxygen atoms in total. The van der Waals surface area contributed by atoms with Gasteiger partial charge in [0.25, 0.3) is 0 Å². The van der Waals surface area contributed by atoms with Gasteiger partial charge < -0.3 is 4.74 Å². The van der Waals surface area contributed by atoms with Crippen LogP contribution in [-0.4, -0.2) is 6.61 Å². The Morgan fingerprint density at radius 1 is 0.966 bits per heavy atom. The topological polar surface area (TPSA) is 9.23 Å². The van der Waals surface area contributed by atoms with Crippen LogP contribution in [0.15, 0.2) is 42.5 Å². The van der Waals surface area contributed by atoms with Crippen LogP contribution < -0.4 is 0 Å². The van der Waals surface area contributed by atoms with Crippen LogP contribution in [0.5, 0.6) is 0 Å². The van der Waals surface area contributed by atoms with Crippen molar-refractivity contribution in [3.05, 3.63) is 59.4 Å². The summed E-state index contributed by atoms with van der Waals surface area (Å²) in [6, 6.07) is 5.84. The van der Waals surface area contributed by atoms with E-state index in [1.807, 2.05) is 12.1 Å². The first-order chi connectivity index (χ1) is 14.2. The lowest BCUT2D eigenvalue weighted by atomic mass is 9.68. The van der Waals surface area contributed by atoms with E-state index in [2.05, 4.69) is 38.1 Å². The highest BCUT2D eigenvalue weighted by molar-refractivity contribution is 5.27. The maximum atomic E-state index is 14.5. The molecule has 2 aliphatic rings. The summed E-state index contributed by atoms with van der Waals surface area (Å²) >= 11 is 0. The van der Waals surface area contributed by atoms with Crippen LogP contribution in [0.4, 0.5) is 4.39 Å². The molecule has 0 spiro atoms. The van der Waals surface area contributed by atoms with Gasteiger partial charge in [0.05, 0.1) is 13.2 Å². The normalized spacial score (nSPS) is 28.4. The van der Waals surface area contributed by atoms with E-state index in [1.54, 1.807) is 6.07 Å². The standard InChI is InChI=1S/C27H39FO/c1-3-5-6-18-29-20-26-17-16-25(19-27(26)28)24-14-12-23(13-15-24)22-10-8-21(7-4-2)9-11-22/h4-7,16-17,19,21-24H,3,8-15,18,20H2,1-2H3/t21-,22-,23-,24-. The minimum absolute atomic E-state index is 0.105. The zero-order valence-electron chi connectivity index (χ0n) is 18.4. The minimum Gasteiger partial charge on any atom is -0.373 e. The smallest absolute Gasteiger partial charge is 0.129 e. The van der Waals surface area contributed by atoms with Gasteiger partial charge in [-0.15, -0.1) is 0 Å². The second kappa shape index (κ2) is 11.7. The molecule has 0 saturated heterocycles. The molecule has 0 N–H and O–H groups in total. The molecule has 2 fully saturated rings. The Hall–Kier alpha value is -1.41. The average molecular weight is 399 g/mol. The summed E-state index contributed by atoms with van der Waals surface area (Å²) in [5.74, 6) is 3.07. The van der Waals surface area contributed by atoms with Crippen molar-refractivity contribution in [3.8, 4) is 0 Å². The maximum Gasteiger partial charge on any atom is 0.129 e. The van der Waals surface area contributed by atoms with Crippen LogP contribution in [0.2, 0.25) is 0 Å². The SMILES string of the molecule is CC=C[C@H]1CC[C@H]([C@H]2CC[C@H](c3ccc(COCC=CCC)c(F)c3)CC2)CC1. The van der Waals surface area contributed by atoms with Crippen molar-refractivity contribution in [2.75, 3.05) is 6.61 Å². The third kappa shape index (κ3) is 6.54. The lowest BCUT2D eigenvalue weighted by Crippen LogP contribution is -2.25. The molecule has 1 aromatic rings. The van der Waals surface area contributed by atoms with Gasteiger partial charge in [-0.05, 0) is 100 Å². The van der Waals surface area contributed by atoms with Gasteiger partial charge in [0.15, 0.2) is 0 Å². The van der Waals surface area contributed by atoms with Crippen molar-refractivity contribution in [1.82, 2.24) is 0 Å². The fourth-order valence-electron chi connectivity index (χ4n) is 5.41. The Kier molecular flexibility index (Phi) is 8.98. The van der Waals surface area contributed by atoms with Crippen LogP contribution in [-0.2, 0) is 11.3 Å². The highest BCUT2D eigenvalue weighted by Gasteiger charge is 2.30. The summed E-state index contributed by atoms with van der Waals surface area (Å²) in [7, 11) is 0. The molecule has 0 aromatic heterocycles. The Balaban J connectivity index is 1.45. The van der Waals surface area contributed by atoms with Gasteiger partial charge in [-0.3, -0.25) is 0 Å². The first-order valence-corrected chi connectivity index (χ1v) is 11.8. The van der Waals surface area contributed by atoms with Crippen LogP contribution in [0, 0.1) is 23.6 Å². The molecule has 2 saturated carbocycles. The van der Waals surface area contributed by atoms with Gasteiger partial charge in [0, 0.05) is 5.56 Å². The summed E-state index contributed by atoms with van der Waals surface area (Å²) in [4.78, 5) is 0. The van der Waals surface area contributed by atoms with E-state index in [4.69, 9.17) is 4.74 Å². The number of halogens is 1. The summed E-state index contributed by atoms with van der Waals surface area (Å²) < 4.78 is 20.1. The molecule has 29 heavy (non-hydrogen) atoms. The van der Waals surface area contributed by atoms with E-state index in [0.717, 1.165) is 24.2 Å². The molecule has 3 rings (SSSR count). The van der Waals surface area contributed by atoms with Crippen LogP contribution in [0.1, 0.15) is 88.7 Å². The van der Waals surface area contributed by atoms with Gasteiger partial charge in [0.1, 0.15) is 5.82 Å². The Morgan fingerprint density at radius 2 is 1.66 bits per heavy atom. The van der Waals surface area contributed by atoms with Gasteiger partial charge in [-0.25, -0.2) is 4.39 Å². The molecule has 0 atom stereocenters. The molecule has 0 amide bonds. The number of hydrogen-bond acceptors (Lipinski definition) is 1. The molecule has 0 bridgehead atoms. The van der Waals surface area contributed by atoms with Crippen molar-refractivity contribution < 1.29 is 9.13 Å². The summed E-state index contributed by atoms with van der Waals surface area (Å²) in [5.41, 5.74) is 1.86. The van der Waals surface area contributed by atoms with E-state index in [0.29, 0.717) is 24.7 Å². The molecule has 2 heteroatoms.